The van der Waals surface area contributed by atoms with Gasteiger partial charge in [0.15, 0.2) is 0 Å². The zero-order valence-electron chi connectivity index (χ0n) is 10.9. The highest BCUT2D eigenvalue weighted by Gasteiger charge is 2.15. The molecule has 2 rings (SSSR count). The number of aryl methyl sites for hydroxylation is 1. The van der Waals surface area contributed by atoms with E-state index in [2.05, 4.69) is 14.7 Å². The second kappa shape index (κ2) is 6.30. The Morgan fingerprint density at radius 3 is 2.75 bits per heavy atom. The summed E-state index contributed by atoms with van der Waals surface area (Å²) in [5.41, 5.74) is 1.74. The first kappa shape index (κ1) is 14.9. The first-order chi connectivity index (χ1) is 9.53. The summed E-state index contributed by atoms with van der Waals surface area (Å²) < 4.78 is 26.8. The standard InChI is InChI=1S/C13H14ClN3O2S/c1-2-10-4-3-6-15-12(10)9-17-20(18,19)11-5-7-16-13(14)8-11/h3-8,17H,2,9H2,1H3. The van der Waals surface area contributed by atoms with Crippen molar-refractivity contribution in [1.82, 2.24) is 14.7 Å². The van der Waals surface area contributed by atoms with E-state index in [1.54, 1.807) is 6.20 Å². The van der Waals surface area contributed by atoms with Gasteiger partial charge in [-0.25, -0.2) is 18.1 Å². The average molecular weight is 312 g/mol. The van der Waals surface area contributed by atoms with Crippen molar-refractivity contribution in [3.63, 3.8) is 0 Å². The molecule has 0 saturated carbocycles. The molecule has 0 aromatic carbocycles. The molecule has 0 aliphatic carbocycles. The number of hydrogen-bond acceptors (Lipinski definition) is 4. The van der Waals surface area contributed by atoms with E-state index in [9.17, 15) is 8.42 Å². The highest BCUT2D eigenvalue weighted by Crippen LogP contribution is 2.13. The molecule has 0 fully saturated rings. The molecular weight excluding hydrogens is 298 g/mol. The summed E-state index contributed by atoms with van der Waals surface area (Å²) in [7, 11) is -3.62. The van der Waals surface area contributed by atoms with Gasteiger partial charge in [0.1, 0.15) is 5.15 Å². The van der Waals surface area contributed by atoms with Gasteiger partial charge in [-0.1, -0.05) is 24.6 Å². The van der Waals surface area contributed by atoms with Crippen molar-refractivity contribution < 1.29 is 8.42 Å². The maximum Gasteiger partial charge on any atom is 0.241 e. The van der Waals surface area contributed by atoms with Crippen molar-refractivity contribution in [3.05, 3.63) is 53.1 Å². The van der Waals surface area contributed by atoms with Crippen molar-refractivity contribution in [1.29, 1.82) is 0 Å². The molecule has 0 unspecified atom stereocenters. The van der Waals surface area contributed by atoms with E-state index in [0.717, 1.165) is 17.7 Å². The van der Waals surface area contributed by atoms with Gasteiger partial charge in [-0.3, -0.25) is 4.98 Å². The summed E-state index contributed by atoms with van der Waals surface area (Å²) in [6.07, 6.45) is 3.80. The molecule has 0 atom stereocenters. The molecule has 1 N–H and O–H groups in total. The maximum absolute atomic E-state index is 12.1. The van der Waals surface area contributed by atoms with Gasteiger partial charge in [0.25, 0.3) is 0 Å². The molecule has 0 amide bonds. The first-order valence-corrected chi connectivity index (χ1v) is 7.93. The number of sulfonamides is 1. The summed E-state index contributed by atoms with van der Waals surface area (Å²) in [5.74, 6) is 0. The Morgan fingerprint density at radius 1 is 1.25 bits per heavy atom. The lowest BCUT2D eigenvalue weighted by Gasteiger charge is -2.09. The summed E-state index contributed by atoms with van der Waals surface area (Å²) in [6, 6.07) is 6.47. The normalized spacial score (nSPS) is 11.5. The van der Waals surface area contributed by atoms with E-state index >= 15 is 0 Å². The fourth-order valence-corrected chi connectivity index (χ4v) is 2.99. The third kappa shape index (κ3) is 3.53. The molecule has 2 heterocycles. The van der Waals surface area contributed by atoms with Gasteiger partial charge in [0.2, 0.25) is 10.0 Å². The number of halogens is 1. The van der Waals surface area contributed by atoms with Crippen LogP contribution in [0.1, 0.15) is 18.2 Å². The zero-order chi connectivity index (χ0) is 14.6. The van der Waals surface area contributed by atoms with Crippen molar-refractivity contribution in [2.45, 2.75) is 24.8 Å². The Morgan fingerprint density at radius 2 is 2.05 bits per heavy atom. The van der Waals surface area contributed by atoms with E-state index in [4.69, 9.17) is 11.6 Å². The van der Waals surface area contributed by atoms with Gasteiger partial charge < -0.3 is 0 Å². The largest absolute Gasteiger partial charge is 0.260 e. The molecule has 5 nitrogen and oxygen atoms in total. The second-order valence-corrected chi connectivity index (χ2v) is 6.26. The number of aromatic nitrogens is 2. The van der Waals surface area contributed by atoms with Crippen LogP contribution in [-0.4, -0.2) is 18.4 Å². The van der Waals surface area contributed by atoms with Crippen LogP contribution in [0.2, 0.25) is 5.15 Å². The molecule has 0 radical (unpaired) electrons. The Bertz CT molecular complexity index is 704. The van der Waals surface area contributed by atoms with Crippen LogP contribution in [0.5, 0.6) is 0 Å². The molecule has 106 valence electrons. The summed E-state index contributed by atoms with van der Waals surface area (Å²) >= 11 is 5.70. The van der Waals surface area contributed by atoms with Crippen molar-refractivity contribution in [2.75, 3.05) is 0 Å². The van der Waals surface area contributed by atoms with Gasteiger partial charge >= 0.3 is 0 Å². The molecule has 20 heavy (non-hydrogen) atoms. The van der Waals surface area contributed by atoms with Crippen LogP contribution in [0.4, 0.5) is 0 Å². The lowest BCUT2D eigenvalue weighted by Crippen LogP contribution is -2.24. The molecule has 2 aromatic rings. The molecule has 7 heteroatoms. The number of nitrogens with one attached hydrogen (secondary N) is 1. The van der Waals surface area contributed by atoms with Crippen LogP contribution in [0.3, 0.4) is 0 Å². The molecular formula is C13H14ClN3O2S. The molecule has 0 aliphatic heterocycles. The third-order valence-electron chi connectivity index (χ3n) is 2.80. The Kier molecular flexibility index (Phi) is 4.69. The lowest BCUT2D eigenvalue weighted by molar-refractivity contribution is 0.580. The van der Waals surface area contributed by atoms with Gasteiger partial charge in [-0.2, -0.15) is 0 Å². The molecule has 0 spiro atoms. The zero-order valence-corrected chi connectivity index (χ0v) is 12.4. The topological polar surface area (TPSA) is 72.0 Å². The minimum Gasteiger partial charge on any atom is -0.260 e. The van der Waals surface area contributed by atoms with Gasteiger partial charge in [-0.15, -0.1) is 0 Å². The van der Waals surface area contributed by atoms with Crippen LogP contribution in [0, 0.1) is 0 Å². The number of hydrogen-bond donors (Lipinski definition) is 1. The number of pyridine rings is 2. The molecule has 0 aliphatic rings. The van der Waals surface area contributed by atoms with Crippen LogP contribution in [0.15, 0.2) is 41.6 Å². The van der Waals surface area contributed by atoms with Gasteiger partial charge in [-0.05, 0) is 30.2 Å². The van der Waals surface area contributed by atoms with E-state index in [1.807, 2.05) is 19.1 Å². The van der Waals surface area contributed by atoms with Crippen LogP contribution in [-0.2, 0) is 23.0 Å². The quantitative estimate of drug-likeness (QED) is 0.859. The van der Waals surface area contributed by atoms with E-state index in [-0.39, 0.29) is 16.6 Å². The Hall–Kier alpha value is -1.50. The smallest absolute Gasteiger partial charge is 0.241 e. The van der Waals surface area contributed by atoms with Crippen LogP contribution < -0.4 is 4.72 Å². The van der Waals surface area contributed by atoms with E-state index in [0.29, 0.717) is 0 Å². The Balaban J connectivity index is 2.17. The minimum atomic E-state index is -3.62. The highest BCUT2D eigenvalue weighted by atomic mass is 35.5. The monoisotopic (exact) mass is 311 g/mol. The molecule has 0 saturated heterocycles. The van der Waals surface area contributed by atoms with E-state index < -0.39 is 10.0 Å². The summed E-state index contributed by atoms with van der Waals surface area (Å²) in [5, 5.41) is 0.139. The fourth-order valence-electron chi connectivity index (χ4n) is 1.75. The van der Waals surface area contributed by atoms with Gasteiger partial charge in [0.05, 0.1) is 17.1 Å². The van der Waals surface area contributed by atoms with Crippen LogP contribution in [0.25, 0.3) is 0 Å². The fraction of sp³-hybridized carbons (Fsp3) is 0.231. The summed E-state index contributed by atoms with van der Waals surface area (Å²) in [4.78, 5) is 8.05. The predicted octanol–water partition coefficient (Wildman–Crippen LogP) is 2.17. The second-order valence-electron chi connectivity index (χ2n) is 4.10. The predicted molar refractivity (Wildman–Crippen MR) is 76.9 cm³/mol. The lowest BCUT2D eigenvalue weighted by atomic mass is 10.1. The summed E-state index contributed by atoms with van der Waals surface area (Å²) in [6.45, 7) is 2.14. The number of rotatable bonds is 5. The van der Waals surface area contributed by atoms with E-state index in [1.165, 1.54) is 18.3 Å². The number of nitrogens with zero attached hydrogens (tertiary/aromatic N) is 2. The maximum atomic E-state index is 12.1. The molecule has 0 bridgehead atoms. The highest BCUT2D eigenvalue weighted by molar-refractivity contribution is 7.89. The third-order valence-corrected chi connectivity index (χ3v) is 4.41. The van der Waals surface area contributed by atoms with Crippen molar-refractivity contribution >= 4 is 21.6 Å². The van der Waals surface area contributed by atoms with Gasteiger partial charge in [0, 0.05) is 12.4 Å². The van der Waals surface area contributed by atoms with Crippen LogP contribution >= 0.6 is 11.6 Å². The molecule has 2 aromatic heterocycles. The average Bonchev–Trinajstić information content (AvgIpc) is 2.45. The Labute approximate surface area is 123 Å². The van der Waals surface area contributed by atoms with Crippen molar-refractivity contribution in [2.24, 2.45) is 0 Å². The van der Waals surface area contributed by atoms with Crippen molar-refractivity contribution in [3.8, 4) is 0 Å². The SMILES string of the molecule is CCc1cccnc1CNS(=O)(=O)c1ccnc(Cl)c1. The minimum absolute atomic E-state index is 0.0893. The first-order valence-electron chi connectivity index (χ1n) is 6.07.